The van der Waals surface area contributed by atoms with E-state index in [1.54, 1.807) is 13.0 Å². The van der Waals surface area contributed by atoms with Gasteiger partial charge < -0.3 is 9.53 Å². The molecule has 1 unspecified atom stereocenters. The number of benzene rings is 1. The molecule has 0 spiro atoms. The predicted octanol–water partition coefficient (Wildman–Crippen LogP) is 1.91. The van der Waals surface area contributed by atoms with Crippen molar-refractivity contribution in [2.75, 3.05) is 7.11 Å². The van der Waals surface area contributed by atoms with Crippen molar-refractivity contribution in [1.82, 2.24) is 0 Å². The van der Waals surface area contributed by atoms with Crippen molar-refractivity contribution >= 4 is 12.0 Å². The highest BCUT2D eigenvalue weighted by Gasteiger charge is 2.19. The summed E-state index contributed by atoms with van der Waals surface area (Å²) in [4.78, 5) is 20.8. The van der Waals surface area contributed by atoms with Gasteiger partial charge in [-0.15, -0.1) is 0 Å². The Morgan fingerprint density at radius 2 is 2.20 bits per heavy atom. The summed E-state index contributed by atoms with van der Waals surface area (Å²) < 4.78 is 4.88. The van der Waals surface area contributed by atoms with Crippen LogP contribution in [0.25, 0.3) is 0 Å². The largest absolute Gasteiger partial charge is 0.497 e. The van der Waals surface area contributed by atoms with Crippen molar-refractivity contribution in [3.63, 3.8) is 0 Å². The summed E-state index contributed by atoms with van der Waals surface area (Å²) in [5.41, 5.74) is 0.310. The average molecular weight is 209 g/mol. The van der Waals surface area contributed by atoms with Gasteiger partial charge in [0.2, 0.25) is 0 Å². The fourth-order valence-corrected chi connectivity index (χ4v) is 1.27. The molecule has 0 aliphatic rings. The molecule has 0 bridgehead atoms. The quantitative estimate of drug-likeness (QED) is 0.431. The number of methoxy groups -OCH3 is 1. The molecular formula is C10H11NO4. The van der Waals surface area contributed by atoms with Crippen LogP contribution in [0.15, 0.2) is 18.2 Å². The van der Waals surface area contributed by atoms with Crippen LogP contribution in [-0.2, 0) is 4.79 Å². The Labute approximate surface area is 86.8 Å². The van der Waals surface area contributed by atoms with Gasteiger partial charge in [0, 0.05) is 11.5 Å². The lowest BCUT2D eigenvalue weighted by molar-refractivity contribution is -0.385. The molecule has 0 aliphatic heterocycles. The van der Waals surface area contributed by atoms with Gasteiger partial charge in [-0.3, -0.25) is 10.1 Å². The zero-order valence-corrected chi connectivity index (χ0v) is 8.47. The Hall–Kier alpha value is -1.91. The van der Waals surface area contributed by atoms with Crippen molar-refractivity contribution < 1.29 is 14.5 Å². The first kappa shape index (κ1) is 11.2. The SMILES string of the molecule is COc1ccc(C(C)C=O)c([N+](=O)[O-])c1. The Morgan fingerprint density at radius 1 is 1.53 bits per heavy atom. The zero-order chi connectivity index (χ0) is 11.4. The number of nitro groups is 1. The van der Waals surface area contributed by atoms with Gasteiger partial charge in [0.05, 0.1) is 18.1 Å². The molecule has 1 rings (SSSR count). The van der Waals surface area contributed by atoms with Crippen LogP contribution in [0.5, 0.6) is 5.75 Å². The number of ether oxygens (including phenoxy) is 1. The van der Waals surface area contributed by atoms with Crippen molar-refractivity contribution in [3.05, 3.63) is 33.9 Å². The summed E-state index contributed by atoms with van der Waals surface area (Å²) >= 11 is 0. The monoisotopic (exact) mass is 209 g/mol. The van der Waals surface area contributed by atoms with Crippen molar-refractivity contribution in [3.8, 4) is 5.75 Å². The van der Waals surface area contributed by atoms with E-state index in [4.69, 9.17) is 4.74 Å². The number of hydrogen-bond acceptors (Lipinski definition) is 4. The number of hydrogen-bond donors (Lipinski definition) is 0. The van der Waals surface area contributed by atoms with E-state index < -0.39 is 10.8 Å². The first-order valence-corrected chi connectivity index (χ1v) is 4.37. The predicted molar refractivity (Wildman–Crippen MR) is 54.1 cm³/mol. The van der Waals surface area contributed by atoms with Gasteiger partial charge in [-0.25, -0.2) is 0 Å². The molecule has 0 fully saturated rings. The molecule has 0 amide bonds. The van der Waals surface area contributed by atoms with Crippen LogP contribution in [0, 0.1) is 10.1 Å². The third-order valence-corrected chi connectivity index (χ3v) is 2.13. The molecule has 0 N–H and O–H groups in total. The highest BCUT2D eigenvalue weighted by atomic mass is 16.6. The summed E-state index contributed by atoms with van der Waals surface area (Å²) in [6, 6.07) is 4.45. The second kappa shape index (κ2) is 4.54. The van der Waals surface area contributed by atoms with Gasteiger partial charge in [0.1, 0.15) is 12.0 Å². The smallest absolute Gasteiger partial charge is 0.276 e. The third-order valence-electron chi connectivity index (χ3n) is 2.13. The van der Waals surface area contributed by atoms with E-state index in [-0.39, 0.29) is 5.69 Å². The molecule has 0 heterocycles. The van der Waals surface area contributed by atoms with E-state index in [1.165, 1.54) is 19.2 Å². The minimum absolute atomic E-state index is 0.0889. The van der Waals surface area contributed by atoms with Crippen LogP contribution in [0.3, 0.4) is 0 Å². The van der Waals surface area contributed by atoms with Crippen molar-refractivity contribution in [1.29, 1.82) is 0 Å². The Kier molecular flexibility index (Phi) is 3.38. The van der Waals surface area contributed by atoms with E-state index in [9.17, 15) is 14.9 Å². The number of carbonyl (C=O) groups excluding carboxylic acids is 1. The van der Waals surface area contributed by atoms with Crippen molar-refractivity contribution in [2.24, 2.45) is 0 Å². The molecule has 0 saturated heterocycles. The first-order chi connectivity index (χ1) is 7.10. The summed E-state index contributed by atoms with van der Waals surface area (Å²) in [7, 11) is 1.43. The highest BCUT2D eigenvalue weighted by molar-refractivity contribution is 5.65. The van der Waals surface area contributed by atoms with E-state index >= 15 is 0 Å². The Balaban J connectivity index is 3.26. The minimum atomic E-state index is -0.516. The molecule has 80 valence electrons. The summed E-state index contributed by atoms with van der Waals surface area (Å²) in [6.07, 6.45) is 0.675. The molecule has 0 saturated carbocycles. The van der Waals surface area contributed by atoms with Gasteiger partial charge in [-0.05, 0) is 12.1 Å². The molecular weight excluding hydrogens is 198 g/mol. The van der Waals surface area contributed by atoms with E-state index in [0.29, 0.717) is 17.6 Å². The number of rotatable bonds is 4. The summed E-state index contributed by atoms with van der Waals surface area (Å²) in [5.74, 6) is -0.0835. The van der Waals surface area contributed by atoms with Crippen LogP contribution in [0.1, 0.15) is 18.4 Å². The van der Waals surface area contributed by atoms with Gasteiger partial charge in [-0.1, -0.05) is 6.92 Å². The highest BCUT2D eigenvalue weighted by Crippen LogP contribution is 2.29. The topological polar surface area (TPSA) is 69.4 Å². The van der Waals surface area contributed by atoms with E-state index in [0.717, 1.165) is 0 Å². The maximum atomic E-state index is 10.7. The van der Waals surface area contributed by atoms with Gasteiger partial charge in [0.15, 0.2) is 0 Å². The van der Waals surface area contributed by atoms with Gasteiger partial charge in [-0.2, -0.15) is 0 Å². The number of carbonyl (C=O) groups is 1. The fraction of sp³-hybridized carbons (Fsp3) is 0.300. The third kappa shape index (κ3) is 2.31. The zero-order valence-electron chi connectivity index (χ0n) is 8.47. The Bertz CT molecular complexity index is 389. The normalized spacial score (nSPS) is 11.9. The number of nitro benzene ring substituents is 1. The number of nitrogens with zero attached hydrogens (tertiary/aromatic N) is 1. The Morgan fingerprint density at radius 3 is 2.67 bits per heavy atom. The lowest BCUT2D eigenvalue weighted by Gasteiger charge is -2.06. The first-order valence-electron chi connectivity index (χ1n) is 4.37. The van der Waals surface area contributed by atoms with E-state index in [2.05, 4.69) is 0 Å². The lowest BCUT2D eigenvalue weighted by atomic mass is 10.0. The number of aldehydes is 1. The van der Waals surface area contributed by atoms with Crippen LogP contribution in [0.4, 0.5) is 5.69 Å². The molecule has 1 aromatic carbocycles. The molecule has 0 aliphatic carbocycles. The molecule has 15 heavy (non-hydrogen) atoms. The second-order valence-corrected chi connectivity index (χ2v) is 3.11. The maximum absolute atomic E-state index is 10.7. The molecule has 5 heteroatoms. The van der Waals surface area contributed by atoms with Gasteiger partial charge in [0.25, 0.3) is 5.69 Å². The van der Waals surface area contributed by atoms with Crippen LogP contribution in [-0.4, -0.2) is 18.3 Å². The molecule has 0 radical (unpaired) electrons. The lowest BCUT2D eigenvalue weighted by Crippen LogP contribution is -2.01. The fourth-order valence-electron chi connectivity index (χ4n) is 1.27. The van der Waals surface area contributed by atoms with Gasteiger partial charge >= 0.3 is 0 Å². The van der Waals surface area contributed by atoms with Crippen LogP contribution >= 0.6 is 0 Å². The summed E-state index contributed by atoms with van der Waals surface area (Å²) in [6.45, 7) is 1.61. The summed E-state index contributed by atoms with van der Waals surface area (Å²) in [5, 5.41) is 10.7. The molecule has 1 aromatic rings. The standard InChI is InChI=1S/C10H11NO4/c1-7(6-12)9-4-3-8(15-2)5-10(9)11(13)14/h3-7H,1-2H3. The minimum Gasteiger partial charge on any atom is -0.497 e. The molecule has 5 nitrogen and oxygen atoms in total. The van der Waals surface area contributed by atoms with Crippen molar-refractivity contribution in [2.45, 2.75) is 12.8 Å². The molecule has 0 aromatic heterocycles. The maximum Gasteiger partial charge on any atom is 0.276 e. The molecule has 1 atom stereocenters. The van der Waals surface area contributed by atoms with E-state index in [1.807, 2.05) is 0 Å². The second-order valence-electron chi connectivity index (χ2n) is 3.11. The van der Waals surface area contributed by atoms with Crippen LogP contribution in [0.2, 0.25) is 0 Å². The van der Waals surface area contributed by atoms with Crippen LogP contribution < -0.4 is 4.74 Å². The average Bonchev–Trinajstić information content (AvgIpc) is 2.27.